The van der Waals surface area contributed by atoms with E-state index in [-0.39, 0.29) is 11.3 Å². The van der Waals surface area contributed by atoms with Crippen molar-refractivity contribution < 1.29 is 19.4 Å². The fraction of sp³-hybridized carbons (Fsp3) is 0.0769. The number of Topliss-reactive ketones (excluding diaryl/α,β-unsaturated/α-hetero) is 1. The standard InChI is InChI=1S/C26H20N2O4/c1-32-21-14-8-6-12-18(21)23-22(24(29)19-15-27-20-13-7-5-11-17(19)20)25(30)26(31)28(23)16-9-3-2-4-10-16/h2-15,23,27,29H,1H3/b24-22+. The highest BCUT2D eigenvalue weighted by atomic mass is 16.5. The van der Waals surface area contributed by atoms with Crippen LogP contribution in [-0.2, 0) is 9.59 Å². The molecule has 1 aliphatic rings. The molecule has 1 aromatic heterocycles. The molecule has 0 saturated carbocycles. The van der Waals surface area contributed by atoms with E-state index in [9.17, 15) is 14.7 Å². The number of carbonyl (C=O) groups is 2. The molecular formula is C26H20N2O4. The Morgan fingerprint density at radius 1 is 0.938 bits per heavy atom. The first kappa shape index (κ1) is 19.6. The van der Waals surface area contributed by atoms with E-state index in [0.29, 0.717) is 22.6 Å². The second-order valence-corrected chi connectivity index (χ2v) is 7.49. The van der Waals surface area contributed by atoms with Crippen LogP contribution in [0.25, 0.3) is 16.7 Å². The summed E-state index contributed by atoms with van der Waals surface area (Å²) in [5.41, 5.74) is 2.47. The van der Waals surface area contributed by atoms with E-state index < -0.39 is 17.7 Å². The van der Waals surface area contributed by atoms with Gasteiger partial charge >= 0.3 is 0 Å². The first-order chi connectivity index (χ1) is 15.6. The van der Waals surface area contributed by atoms with Crippen LogP contribution < -0.4 is 9.64 Å². The minimum atomic E-state index is -0.845. The number of H-pyrrole nitrogens is 1. The van der Waals surface area contributed by atoms with Gasteiger partial charge in [0.15, 0.2) is 0 Å². The zero-order valence-electron chi connectivity index (χ0n) is 17.3. The van der Waals surface area contributed by atoms with Crippen molar-refractivity contribution in [3.8, 4) is 5.75 Å². The molecule has 0 radical (unpaired) electrons. The maximum atomic E-state index is 13.3. The van der Waals surface area contributed by atoms with Gasteiger partial charge in [0.25, 0.3) is 11.7 Å². The summed E-state index contributed by atoms with van der Waals surface area (Å²) in [5.74, 6) is -1.15. The first-order valence-electron chi connectivity index (χ1n) is 10.2. The van der Waals surface area contributed by atoms with Gasteiger partial charge in [0.2, 0.25) is 0 Å². The fourth-order valence-electron chi connectivity index (χ4n) is 4.29. The van der Waals surface area contributed by atoms with Crippen LogP contribution in [-0.4, -0.2) is 28.9 Å². The van der Waals surface area contributed by atoms with Crippen LogP contribution in [0.1, 0.15) is 17.2 Å². The largest absolute Gasteiger partial charge is 0.507 e. The Morgan fingerprint density at radius 2 is 1.62 bits per heavy atom. The number of nitrogens with one attached hydrogen (secondary N) is 1. The number of methoxy groups -OCH3 is 1. The predicted octanol–water partition coefficient (Wildman–Crippen LogP) is 4.80. The molecule has 1 aliphatic heterocycles. The van der Waals surface area contributed by atoms with Crippen LogP contribution in [0.3, 0.4) is 0 Å². The molecule has 0 spiro atoms. The zero-order chi connectivity index (χ0) is 22.2. The minimum Gasteiger partial charge on any atom is -0.507 e. The summed E-state index contributed by atoms with van der Waals surface area (Å²) in [6.07, 6.45) is 1.65. The monoisotopic (exact) mass is 424 g/mol. The SMILES string of the molecule is COc1ccccc1C1/C(=C(\O)c2c[nH]c3ccccc23)C(=O)C(=O)N1c1ccccc1. The van der Waals surface area contributed by atoms with Gasteiger partial charge in [-0.2, -0.15) is 0 Å². The van der Waals surface area contributed by atoms with Crippen molar-refractivity contribution in [3.63, 3.8) is 0 Å². The van der Waals surface area contributed by atoms with Gasteiger partial charge in [-0.25, -0.2) is 0 Å². The molecular weight excluding hydrogens is 404 g/mol. The van der Waals surface area contributed by atoms with Gasteiger partial charge in [-0.15, -0.1) is 0 Å². The van der Waals surface area contributed by atoms with Crippen molar-refractivity contribution >= 4 is 34.0 Å². The predicted molar refractivity (Wildman–Crippen MR) is 123 cm³/mol. The van der Waals surface area contributed by atoms with Crippen molar-refractivity contribution in [1.29, 1.82) is 0 Å². The maximum Gasteiger partial charge on any atom is 0.300 e. The second kappa shape index (κ2) is 7.74. The highest BCUT2D eigenvalue weighted by Crippen LogP contribution is 2.45. The van der Waals surface area contributed by atoms with E-state index in [1.807, 2.05) is 42.5 Å². The summed E-state index contributed by atoms with van der Waals surface area (Å²) in [7, 11) is 1.53. The third-order valence-corrected chi connectivity index (χ3v) is 5.76. The zero-order valence-corrected chi connectivity index (χ0v) is 17.3. The molecule has 158 valence electrons. The lowest BCUT2D eigenvalue weighted by molar-refractivity contribution is -0.132. The van der Waals surface area contributed by atoms with Gasteiger partial charge in [-0.3, -0.25) is 14.5 Å². The average molecular weight is 424 g/mol. The highest BCUT2D eigenvalue weighted by molar-refractivity contribution is 6.51. The molecule has 1 atom stereocenters. The van der Waals surface area contributed by atoms with Crippen LogP contribution in [0.15, 0.2) is 90.6 Å². The van der Waals surface area contributed by atoms with E-state index in [2.05, 4.69) is 4.98 Å². The molecule has 0 aliphatic carbocycles. The topological polar surface area (TPSA) is 82.6 Å². The van der Waals surface area contributed by atoms with E-state index in [1.165, 1.54) is 12.0 Å². The van der Waals surface area contributed by atoms with Crippen LogP contribution >= 0.6 is 0 Å². The quantitative estimate of drug-likeness (QED) is 0.280. The molecule has 6 nitrogen and oxygen atoms in total. The Hall–Kier alpha value is -4.32. The molecule has 6 heteroatoms. The van der Waals surface area contributed by atoms with Crippen molar-refractivity contribution in [2.45, 2.75) is 6.04 Å². The minimum absolute atomic E-state index is 0.0214. The van der Waals surface area contributed by atoms with E-state index in [1.54, 1.807) is 42.6 Å². The molecule has 2 N–H and O–H groups in total. The van der Waals surface area contributed by atoms with E-state index in [4.69, 9.17) is 4.74 Å². The molecule has 1 amide bonds. The van der Waals surface area contributed by atoms with Gasteiger partial charge in [0.1, 0.15) is 11.5 Å². The van der Waals surface area contributed by atoms with Crippen LogP contribution in [0.5, 0.6) is 5.75 Å². The summed E-state index contributed by atoms with van der Waals surface area (Å²) >= 11 is 0. The van der Waals surface area contributed by atoms with Gasteiger partial charge in [-0.1, -0.05) is 54.6 Å². The number of ether oxygens (including phenoxy) is 1. The number of nitrogens with zero attached hydrogens (tertiary/aromatic N) is 1. The number of hydrogen-bond acceptors (Lipinski definition) is 4. The maximum absolute atomic E-state index is 13.3. The number of ketones is 1. The lowest BCUT2D eigenvalue weighted by Gasteiger charge is -2.26. The smallest absolute Gasteiger partial charge is 0.300 e. The number of fused-ring (bicyclic) bond motifs is 1. The Balaban J connectivity index is 1.79. The number of aromatic amines is 1. The lowest BCUT2D eigenvalue weighted by Crippen LogP contribution is -2.29. The summed E-state index contributed by atoms with van der Waals surface area (Å²) in [6.45, 7) is 0. The Bertz CT molecular complexity index is 1370. The molecule has 0 bridgehead atoms. The average Bonchev–Trinajstić information content (AvgIpc) is 3.38. The van der Waals surface area contributed by atoms with Gasteiger partial charge < -0.3 is 14.8 Å². The van der Waals surface area contributed by atoms with Crippen LogP contribution in [0.4, 0.5) is 5.69 Å². The Kier molecular flexibility index (Phi) is 4.75. The number of aliphatic hydroxyl groups excluding tert-OH is 1. The lowest BCUT2D eigenvalue weighted by atomic mass is 9.94. The van der Waals surface area contributed by atoms with Crippen molar-refractivity contribution in [2.75, 3.05) is 12.0 Å². The third kappa shape index (κ3) is 2.96. The highest BCUT2D eigenvalue weighted by Gasteiger charge is 2.48. The number of rotatable bonds is 4. The molecule has 1 unspecified atom stereocenters. The summed E-state index contributed by atoms with van der Waals surface area (Å²) in [6, 6.07) is 22.8. The van der Waals surface area contributed by atoms with Crippen molar-refractivity contribution in [2.24, 2.45) is 0 Å². The van der Waals surface area contributed by atoms with E-state index in [0.717, 1.165) is 10.9 Å². The van der Waals surface area contributed by atoms with Crippen molar-refractivity contribution in [3.05, 3.63) is 102 Å². The Labute approximate surface area is 184 Å². The number of para-hydroxylation sites is 3. The second-order valence-electron chi connectivity index (χ2n) is 7.49. The number of carbonyl (C=O) groups excluding carboxylic acids is 2. The normalized spacial score (nSPS) is 17.8. The van der Waals surface area contributed by atoms with Gasteiger partial charge in [0.05, 0.1) is 18.7 Å². The number of anilines is 1. The summed E-state index contributed by atoms with van der Waals surface area (Å²) < 4.78 is 5.54. The molecule has 32 heavy (non-hydrogen) atoms. The third-order valence-electron chi connectivity index (χ3n) is 5.76. The molecule has 1 saturated heterocycles. The molecule has 3 aromatic carbocycles. The number of hydrogen-bond donors (Lipinski definition) is 2. The van der Waals surface area contributed by atoms with Crippen LogP contribution in [0.2, 0.25) is 0 Å². The number of aliphatic hydroxyl groups is 1. The molecule has 2 heterocycles. The van der Waals surface area contributed by atoms with E-state index >= 15 is 0 Å². The number of aromatic nitrogens is 1. The summed E-state index contributed by atoms with van der Waals surface area (Å²) in [5, 5.41) is 12.1. The molecule has 5 rings (SSSR count). The first-order valence-corrected chi connectivity index (χ1v) is 10.2. The molecule has 4 aromatic rings. The number of benzene rings is 3. The van der Waals surface area contributed by atoms with Gasteiger partial charge in [-0.05, 0) is 24.3 Å². The Morgan fingerprint density at radius 3 is 2.41 bits per heavy atom. The number of amides is 1. The van der Waals surface area contributed by atoms with Crippen molar-refractivity contribution in [1.82, 2.24) is 4.98 Å². The molecule has 1 fully saturated rings. The fourth-order valence-corrected chi connectivity index (χ4v) is 4.29. The summed E-state index contributed by atoms with van der Waals surface area (Å²) in [4.78, 5) is 31.0. The van der Waals surface area contributed by atoms with Gasteiger partial charge in [0, 0.05) is 33.9 Å². The van der Waals surface area contributed by atoms with Crippen LogP contribution in [0, 0.1) is 0 Å².